The Kier molecular flexibility index (Phi) is 2.69. The summed E-state index contributed by atoms with van der Waals surface area (Å²) in [6.07, 6.45) is 1.85. The lowest BCUT2D eigenvalue weighted by atomic mass is 9.70. The van der Waals surface area contributed by atoms with Gasteiger partial charge in [0.1, 0.15) is 17.8 Å². The highest BCUT2D eigenvalue weighted by Crippen LogP contribution is 2.41. The Bertz CT molecular complexity index is 624. The predicted octanol–water partition coefficient (Wildman–Crippen LogP) is 1.68. The number of rotatable bonds is 2. The second-order valence-corrected chi connectivity index (χ2v) is 6.22. The molecule has 102 valence electrons. The van der Waals surface area contributed by atoms with Crippen molar-refractivity contribution < 1.29 is 10.0 Å². The molecule has 1 fully saturated rings. The van der Waals surface area contributed by atoms with E-state index in [9.17, 15) is 5.11 Å². The Hall–Kier alpha value is -1.64. The van der Waals surface area contributed by atoms with Crippen molar-refractivity contribution in [1.82, 2.24) is 0 Å². The van der Waals surface area contributed by atoms with Gasteiger partial charge in [0, 0.05) is 24.3 Å². The Morgan fingerprint density at radius 3 is 2.65 bits per heavy atom. The molecule has 0 amide bonds. The monoisotopic (exact) mass is 266 g/mol. The molecule has 20 heavy (non-hydrogen) atoms. The lowest BCUT2D eigenvalue weighted by Crippen LogP contribution is -3.13. The van der Waals surface area contributed by atoms with Crippen molar-refractivity contribution in [2.75, 3.05) is 13.1 Å². The third kappa shape index (κ3) is 1.80. The first-order valence-electron chi connectivity index (χ1n) is 7.47. The fourth-order valence-corrected chi connectivity index (χ4v) is 4.10. The van der Waals surface area contributed by atoms with E-state index in [1.54, 1.807) is 0 Å². The van der Waals surface area contributed by atoms with Crippen LogP contribution in [0.4, 0.5) is 5.69 Å². The second-order valence-electron chi connectivity index (χ2n) is 6.22. The molecule has 2 N–H and O–H groups in total. The summed E-state index contributed by atoms with van der Waals surface area (Å²) in [5, 5.41) is 11.2. The van der Waals surface area contributed by atoms with Crippen LogP contribution < -0.4 is 4.90 Å². The lowest BCUT2D eigenvalue weighted by molar-refractivity contribution is -0.854. The first kappa shape index (κ1) is 12.1. The molecule has 3 unspecified atom stereocenters. The van der Waals surface area contributed by atoms with E-state index in [-0.39, 0.29) is 5.92 Å². The van der Waals surface area contributed by atoms with Crippen LogP contribution in [0, 0.1) is 0 Å². The van der Waals surface area contributed by atoms with Crippen molar-refractivity contribution in [3.63, 3.8) is 0 Å². The van der Waals surface area contributed by atoms with Gasteiger partial charge in [-0.2, -0.15) is 0 Å². The maximum atomic E-state index is 11.2. The molecule has 2 bridgehead atoms. The fraction of sp³-hybridized carbons (Fsp3) is 0.333. The molecular weight excluding hydrogens is 246 g/mol. The summed E-state index contributed by atoms with van der Waals surface area (Å²) >= 11 is 0. The second kappa shape index (κ2) is 4.44. The summed E-state index contributed by atoms with van der Waals surface area (Å²) in [7, 11) is 0. The van der Waals surface area contributed by atoms with Crippen molar-refractivity contribution in [2.24, 2.45) is 0 Å². The highest BCUT2D eigenvalue weighted by molar-refractivity contribution is 5.46. The number of hydrogen-bond donors (Lipinski definition) is 2. The molecular formula is C18H20NO+. The summed E-state index contributed by atoms with van der Waals surface area (Å²) in [6.45, 7) is 1.99. The van der Waals surface area contributed by atoms with Gasteiger partial charge in [-0.3, -0.25) is 4.90 Å². The summed E-state index contributed by atoms with van der Waals surface area (Å²) in [5.41, 5.74) is 3.41. The smallest absolute Gasteiger partial charge is 0.134 e. The third-order valence-electron chi connectivity index (χ3n) is 4.97. The molecule has 1 saturated heterocycles. The van der Waals surface area contributed by atoms with E-state index in [1.807, 2.05) is 6.07 Å². The molecule has 2 heteroatoms. The number of fused-ring (bicyclic) bond motifs is 2. The van der Waals surface area contributed by atoms with E-state index < -0.39 is 5.60 Å². The minimum atomic E-state index is -0.594. The largest absolute Gasteiger partial charge is 0.383 e. The molecule has 3 heterocycles. The summed E-state index contributed by atoms with van der Waals surface area (Å²) in [5.74, 6) is 0.288. The number of benzene rings is 2. The molecule has 3 aliphatic heterocycles. The third-order valence-corrected chi connectivity index (χ3v) is 4.97. The van der Waals surface area contributed by atoms with Gasteiger partial charge in [0.15, 0.2) is 0 Å². The minimum Gasteiger partial charge on any atom is -0.383 e. The van der Waals surface area contributed by atoms with Gasteiger partial charge in [-0.05, 0) is 11.6 Å². The Labute approximate surface area is 119 Å². The van der Waals surface area contributed by atoms with Gasteiger partial charge in [-0.15, -0.1) is 0 Å². The van der Waals surface area contributed by atoms with Crippen LogP contribution in [-0.4, -0.2) is 23.8 Å². The normalized spacial score (nSPS) is 31.1. The fourth-order valence-electron chi connectivity index (χ4n) is 4.10. The number of para-hydroxylation sites is 1. The van der Waals surface area contributed by atoms with Gasteiger partial charge in [0.25, 0.3) is 0 Å². The Morgan fingerprint density at radius 1 is 1.05 bits per heavy atom. The van der Waals surface area contributed by atoms with Crippen LogP contribution in [-0.2, 0) is 6.42 Å². The first-order valence-corrected chi connectivity index (χ1v) is 7.47. The zero-order chi connectivity index (χ0) is 13.6. The number of nitrogens with one attached hydrogen (secondary N) is 1. The predicted molar refractivity (Wildman–Crippen MR) is 79.3 cm³/mol. The summed E-state index contributed by atoms with van der Waals surface area (Å²) in [4.78, 5) is 1.45. The average molecular weight is 266 g/mol. The minimum absolute atomic E-state index is 0.288. The quantitative estimate of drug-likeness (QED) is 0.849. The van der Waals surface area contributed by atoms with Crippen LogP contribution in [0.15, 0.2) is 54.6 Å². The van der Waals surface area contributed by atoms with Crippen molar-refractivity contribution >= 4 is 5.69 Å². The van der Waals surface area contributed by atoms with E-state index in [0.29, 0.717) is 0 Å². The molecule has 0 spiro atoms. The van der Waals surface area contributed by atoms with E-state index in [4.69, 9.17) is 0 Å². The highest BCUT2D eigenvalue weighted by atomic mass is 16.3. The molecule has 3 atom stereocenters. The maximum Gasteiger partial charge on any atom is 0.134 e. The van der Waals surface area contributed by atoms with Crippen molar-refractivity contribution in [3.05, 3.63) is 65.7 Å². The highest BCUT2D eigenvalue weighted by Gasteiger charge is 2.51. The van der Waals surface area contributed by atoms with Crippen LogP contribution in [0.2, 0.25) is 0 Å². The summed E-state index contributed by atoms with van der Waals surface area (Å²) in [6, 6.07) is 19.0. The summed E-state index contributed by atoms with van der Waals surface area (Å²) < 4.78 is 0. The van der Waals surface area contributed by atoms with E-state index in [0.717, 1.165) is 25.9 Å². The van der Waals surface area contributed by atoms with Gasteiger partial charge in [0.05, 0.1) is 6.54 Å². The van der Waals surface area contributed by atoms with Crippen LogP contribution in [0.25, 0.3) is 0 Å². The van der Waals surface area contributed by atoms with Gasteiger partial charge < -0.3 is 5.11 Å². The lowest BCUT2D eigenvalue weighted by Gasteiger charge is -2.48. The van der Waals surface area contributed by atoms with Gasteiger partial charge in [-0.25, -0.2) is 0 Å². The van der Waals surface area contributed by atoms with E-state index in [1.165, 1.54) is 21.7 Å². The molecule has 0 saturated carbocycles. The van der Waals surface area contributed by atoms with Crippen LogP contribution >= 0.6 is 0 Å². The number of piperidine rings is 1. The average Bonchev–Trinajstić information content (AvgIpc) is 2.48. The number of aliphatic hydroxyl groups is 1. The molecule has 3 aliphatic rings. The maximum absolute atomic E-state index is 11.2. The Morgan fingerprint density at radius 2 is 1.80 bits per heavy atom. The van der Waals surface area contributed by atoms with Crippen molar-refractivity contribution in [3.8, 4) is 0 Å². The van der Waals surface area contributed by atoms with Gasteiger partial charge in [-0.1, -0.05) is 48.5 Å². The van der Waals surface area contributed by atoms with Gasteiger partial charge >= 0.3 is 0 Å². The van der Waals surface area contributed by atoms with Gasteiger partial charge in [0.2, 0.25) is 0 Å². The topological polar surface area (TPSA) is 24.7 Å². The van der Waals surface area contributed by atoms with Crippen LogP contribution in [0.5, 0.6) is 0 Å². The van der Waals surface area contributed by atoms with E-state index >= 15 is 0 Å². The van der Waals surface area contributed by atoms with Crippen LogP contribution in [0.1, 0.15) is 23.5 Å². The zero-order valence-corrected chi connectivity index (χ0v) is 11.5. The molecule has 2 aromatic carbocycles. The number of hydrogen-bond acceptors (Lipinski definition) is 1. The first-order chi connectivity index (χ1) is 9.76. The molecule has 0 aliphatic carbocycles. The zero-order valence-electron chi connectivity index (χ0n) is 11.5. The van der Waals surface area contributed by atoms with Crippen molar-refractivity contribution in [2.45, 2.75) is 24.4 Å². The molecule has 0 aromatic heterocycles. The molecule has 2 nitrogen and oxygen atoms in total. The standard InChI is InChI=1S/C18H19NO/c20-18(12-14-6-2-1-3-7-14)13-19-11-10-16(18)15-8-4-5-9-17(15)19/h1-9,16,20H,10-13H2/p+1. The molecule has 0 radical (unpaired) electrons. The molecule has 5 rings (SSSR count). The van der Waals surface area contributed by atoms with Crippen molar-refractivity contribution in [1.29, 1.82) is 0 Å². The molecule has 2 aromatic rings. The number of quaternary nitrogens is 1. The van der Waals surface area contributed by atoms with Crippen LogP contribution in [0.3, 0.4) is 0 Å². The SMILES string of the molecule is OC1(Cc2ccccc2)C[NH+]2CCC1c1ccccc12. The Balaban J connectivity index is 1.72. The van der Waals surface area contributed by atoms with E-state index in [2.05, 4.69) is 48.5 Å².